The summed E-state index contributed by atoms with van der Waals surface area (Å²) >= 11 is 6.01. The SMILES string of the molecule is COC(=O)CNC(=O)c1ccc(NC(=O)CNc2ccccc2Cl)cc1. The van der Waals surface area contributed by atoms with Crippen LogP contribution >= 0.6 is 11.6 Å². The lowest BCUT2D eigenvalue weighted by Gasteiger charge is -2.09. The molecule has 0 saturated heterocycles. The Morgan fingerprint density at radius 1 is 1.00 bits per heavy atom. The highest BCUT2D eigenvalue weighted by molar-refractivity contribution is 6.33. The number of esters is 1. The molecule has 0 bridgehead atoms. The first-order valence-corrected chi connectivity index (χ1v) is 8.10. The van der Waals surface area contributed by atoms with Crippen LogP contribution in [0.2, 0.25) is 5.02 Å². The van der Waals surface area contributed by atoms with Gasteiger partial charge < -0.3 is 20.7 Å². The lowest BCUT2D eigenvalue weighted by Crippen LogP contribution is -2.30. The second-order valence-corrected chi connectivity index (χ2v) is 5.62. The molecule has 3 N–H and O–H groups in total. The number of hydrogen-bond donors (Lipinski definition) is 3. The zero-order chi connectivity index (χ0) is 18.9. The average molecular weight is 376 g/mol. The molecule has 0 fully saturated rings. The molecule has 0 heterocycles. The first-order chi connectivity index (χ1) is 12.5. The van der Waals surface area contributed by atoms with Crippen LogP contribution in [0, 0.1) is 0 Å². The molecule has 0 aliphatic rings. The Morgan fingerprint density at radius 3 is 2.35 bits per heavy atom. The zero-order valence-corrected chi connectivity index (χ0v) is 14.8. The van der Waals surface area contributed by atoms with E-state index in [4.69, 9.17) is 11.6 Å². The number of carbonyl (C=O) groups is 3. The van der Waals surface area contributed by atoms with E-state index >= 15 is 0 Å². The first-order valence-electron chi connectivity index (χ1n) is 7.73. The van der Waals surface area contributed by atoms with Gasteiger partial charge in [-0.3, -0.25) is 14.4 Å². The van der Waals surface area contributed by atoms with Gasteiger partial charge in [-0.05, 0) is 36.4 Å². The van der Waals surface area contributed by atoms with Gasteiger partial charge >= 0.3 is 5.97 Å². The van der Waals surface area contributed by atoms with Gasteiger partial charge in [-0.25, -0.2) is 0 Å². The van der Waals surface area contributed by atoms with E-state index in [1.807, 2.05) is 6.07 Å². The minimum absolute atomic E-state index is 0.0467. The van der Waals surface area contributed by atoms with Crippen LogP contribution in [0.15, 0.2) is 48.5 Å². The van der Waals surface area contributed by atoms with Gasteiger partial charge in [0.05, 0.1) is 24.4 Å². The number of rotatable bonds is 7. The van der Waals surface area contributed by atoms with Gasteiger partial charge in [0.2, 0.25) is 5.91 Å². The minimum Gasteiger partial charge on any atom is -0.468 e. The molecule has 8 heteroatoms. The van der Waals surface area contributed by atoms with Gasteiger partial charge in [-0.15, -0.1) is 0 Å². The largest absolute Gasteiger partial charge is 0.468 e. The van der Waals surface area contributed by atoms with E-state index in [0.29, 0.717) is 22.0 Å². The molecule has 0 aromatic heterocycles. The second-order valence-electron chi connectivity index (χ2n) is 5.22. The molecule has 0 atom stereocenters. The number of nitrogens with one attached hydrogen (secondary N) is 3. The average Bonchev–Trinajstić information content (AvgIpc) is 2.65. The van der Waals surface area contributed by atoms with Crippen molar-refractivity contribution >= 4 is 40.8 Å². The number of carbonyl (C=O) groups excluding carboxylic acids is 3. The van der Waals surface area contributed by atoms with E-state index in [9.17, 15) is 14.4 Å². The number of ether oxygens (including phenoxy) is 1. The van der Waals surface area contributed by atoms with E-state index in [1.165, 1.54) is 7.11 Å². The molecule has 0 unspecified atom stereocenters. The number of para-hydroxylation sites is 1. The number of anilines is 2. The standard InChI is InChI=1S/C18H18ClN3O4/c1-26-17(24)11-21-18(25)12-6-8-13(9-7-12)22-16(23)10-20-15-5-3-2-4-14(15)19/h2-9,20H,10-11H2,1H3,(H,21,25)(H,22,23). The second kappa shape index (κ2) is 9.43. The fraction of sp³-hybridized carbons (Fsp3) is 0.167. The highest BCUT2D eigenvalue weighted by Crippen LogP contribution is 2.20. The number of methoxy groups -OCH3 is 1. The third-order valence-electron chi connectivity index (χ3n) is 3.37. The van der Waals surface area contributed by atoms with E-state index in [2.05, 4.69) is 20.7 Å². The third kappa shape index (κ3) is 5.78. The van der Waals surface area contributed by atoms with Crippen LogP contribution in [-0.2, 0) is 14.3 Å². The molecule has 7 nitrogen and oxygen atoms in total. The number of amides is 2. The zero-order valence-electron chi connectivity index (χ0n) is 14.0. The molecular weight excluding hydrogens is 358 g/mol. The molecule has 0 saturated carbocycles. The van der Waals surface area contributed by atoms with Crippen molar-refractivity contribution in [2.75, 3.05) is 30.8 Å². The highest BCUT2D eigenvalue weighted by atomic mass is 35.5. The Hall–Kier alpha value is -3.06. The van der Waals surface area contributed by atoms with E-state index in [-0.39, 0.29) is 19.0 Å². The van der Waals surface area contributed by atoms with E-state index in [0.717, 1.165) is 0 Å². The molecule has 0 aliphatic carbocycles. The fourth-order valence-corrected chi connectivity index (χ4v) is 2.22. The summed E-state index contributed by atoms with van der Waals surface area (Å²) in [7, 11) is 1.24. The van der Waals surface area contributed by atoms with Gasteiger partial charge in [0.25, 0.3) is 5.91 Å². The summed E-state index contributed by atoms with van der Waals surface area (Å²) in [5, 5.41) is 8.61. The summed E-state index contributed by atoms with van der Waals surface area (Å²) in [5.41, 5.74) is 1.57. The summed E-state index contributed by atoms with van der Waals surface area (Å²) in [4.78, 5) is 34.8. The summed E-state index contributed by atoms with van der Waals surface area (Å²) in [6, 6.07) is 13.4. The maximum Gasteiger partial charge on any atom is 0.325 e. The van der Waals surface area contributed by atoms with Gasteiger partial charge in [-0.1, -0.05) is 23.7 Å². The Morgan fingerprint density at radius 2 is 1.69 bits per heavy atom. The van der Waals surface area contributed by atoms with Crippen LogP contribution in [0.25, 0.3) is 0 Å². The van der Waals surface area contributed by atoms with Crippen molar-refractivity contribution in [3.05, 3.63) is 59.1 Å². The van der Waals surface area contributed by atoms with E-state index < -0.39 is 11.9 Å². The predicted molar refractivity (Wildman–Crippen MR) is 99.4 cm³/mol. The third-order valence-corrected chi connectivity index (χ3v) is 3.69. The maximum absolute atomic E-state index is 12.0. The fourth-order valence-electron chi connectivity index (χ4n) is 2.02. The van der Waals surface area contributed by atoms with Crippen molar-refractivity contribution in [3.63, 3.8) is 0 Å². The molecule has 0 aliphatic heterocycles. The number of benzene rings is 2. The summed E-state index contributed by atoms with van der Waals surface area (Å²) in [6.45, 7) is -0.160. The van der Waals surface area contributed by atoms with Crippen LogP contribution in [0.4, 0.5) is 11.4 Å². The van der Waals surface area contributed by atoms with Crippen LogP contribution < -0.4 is 16.0 Å². The Labute approximate surface area is 155 Å². The van der Waals surface area contributed by atoms with Gasteiger partial charge in [0.15, 0.2) is 0 Å². The summed E-state index contributed by atoms with van der Waals surface area (Å²) in [5.74, 6) is -1.20. The number of hydrogen-bond acceptors (Lipinski definition) is 5. The first kappa shape index (κ1) is 19.3. The van der Waals surface area contributed by atoms with Crippen molar-refractivity contribution in [2.24, 2.45) is 0 Å². The normalized spacial score (nSPS) is 9.92. The predicted octanol–water partition coefficient (Wildman–Crippen LogP) is 2.29. The van der Waals surface area contributed by atoms with Gasteiger partial charge in [0, 0.05) is 11.3 Å². The molecule has 2 aromatic rings. The molecule has 26 heavy (non-hydrogen) atoms. The topological polar surface area (TPSA) is 96.5 Å². The summed E-state index contributed by atoms with van der Waals surface area (Å²) < 4.78 is 4.45. The molecule has 2 rings (SSSR count). The van der Waals surface area contributed by atoms with Crippen molar-refractivity contribution in [3.8, 4) is 0 Å². The van der Waals surface area contributed by atoms with Crippen LogP contribution in [-0.4, -0.2) is 38.0 Å². The molecule has 2 aromatic carbocycles. The van der Waals surface area contributed by atoms with Crippen molar-refractivity contribution in [1.29, 1.82) is 0 Å². The lowest BCUT2D eigenvalue weighted by atomic mass is 10.2. The molecular formula is C18H18ClN3O4. The Kier molecular flexibility index (Phi) is 6.99. The number of halogens is 1. The van der Waals surface area contributed by atoms with Crippen molar-refractivity contribution in [2.45, 2.75) is 0 Å². The Balaban J connectivity index is 1.84. The Bertz CT molecular complexity index is 793. The maximum atomic E-state index is 12.0. The lowest BCUT2D eigenvalue weighted by molar-refractivity contribution is -0.139. The minimum atomic E-state index is -0.534. The molecule has 136 valence electrons. The molecule has 0 radical (unpaired) electrons. The quantitative estimate of drug-likeness (QED) is 0.645. The summed E-state index contributed by atoms with van der Waals surface area (Å²) in [6.07, 6.45) is 0. The van der Waals surface area contributed by atoms with Crippen molar-refractivity contribution < 1.29 is 19.1 Å². The van der Waals surface area contributed by atoms with Crippen LogP contribution in [0.5, 0.6) is 0 Å². The van der Waals surface area contributed by atoms with Gasteiger partial charge in [0.1, 0.15) is 6.54 Å². The smallest absolute Gasteiger partial charge is 0.325 e. The highest BCUT2D eigenvalue weighted by Gasteiger charge is 2.09. The van der Waals surface area contributed by atoms with Crippen molar-refractivity contribution in [1.82, 2.24) is 5.32 Å². The monoisotopic (exact) mass is 375 g/mol. The van der Waals surface area contributed by atoms with Crippen LogP contribution in [0.3, 0.4) is 0 Å². The molecule has 2 amide bonds. The van der Waals surface area contributed by atoms with Gasteiger partial charge in [-0.2, -0.15) is 0 Å². The molecule has 0 spiro atoms. The van der Waals surface area contributed by atoms with Crippen LogP contribution in [0.1, 0.15) is 10.4 Å². The van der Waals surface area contributed by atoms with E-state index in [1.54, 1.807) is 42.5 Å².